The van der Waals surface area contributed by atoms with Crippen LogP contribution in [0.25, 0.3) is 11.3 Å². The SMILES string of the molecule is CCCCOc1ccc(/C=N/Nc2nc(-c3cccc([N+](=O)[O-])c3)cs2)cc1OCC. The Bertz CT molecular complexity index is 1050. The number of thiazole rings is 1. The minimum atomic E-state index is -0.421. The minimum absolute atomic E-state index is 0.0326. The van der Waals surface area contributed by atoms with Crippen molar-refractivity contribution >= 4 is 28.4 Å². The van der Waals surface area contributed by atoms with Crippen LogP contribution in [0.2, 0.25) is 0 Å². The summed E-state index contributed by atoms with van der Waals surface area (Å²) in [5.41, 5.74) is 5.12. The Labute approximate surface area is 184 Å². The van der Waals surface area contributed by atoms with Crippen molar-refractivity contribution in [1.82, 2.24) is 4.98 Å². The second-order valence-electron chi connectivity index (χ2n) is 6.56. The predicted octanol–water partition coefficient (Wildman–Crippen LogP) is 5.74. The monoisotopic (exact) mass is 440 g/mol. The molecule has 1 N–H and O–H groups in total. The molecule has 0 fully saturated rings. The van der Waals surface area contributed by atoms with E-state index < -0.39 is 4.92 Å². The topological polar surface area (TPSA) is 98.9 Å². The van der Waals surface area contributed by atoms with Gasteiger partial charge in [0.05, 0.1) is 30.0 Å². The lowest BCUT2D eigenvalue weighted by atomic mass is 10.1. The number of hydrazone groups is 1. The molecule has 162 valence electrons. The highest BCUT2D eigenvalue weighted by molar-refractivity contribution is 7.14. The van der Waals surface area contributed by atoms with Crippen LogP contribution in [0, 0.1) is 10.1 Å². The molecule has 0 aliphatic rings. The van der Waals surface area contributed by atoms with Crippen LogP contribution in [0.4, 0.5) is 10.8 Å². The summed E-state index contributed by atoms with van der Waals surface area (Å²) in [7, 11) is 0. The van der Waals surface area contributed by atoms with Crippen molar-refractivity contribution < 1.29 is 14.4 Å². The molecule has 3 rings (SSSR count). The van der Waals surface area contributed by atoms with Gasteiger partial charge in [0.15, 0.2) is 11.5 Å². The summed E-state index contributed by atoms with van der Waals surface area (Å²) in [4.78, 5) is 15.0. The molecule has 0 atom stereocenters. The second-order valence-corrected chi connectivity index (χ2v) is 7.41. The van der Waals surface area contributed by atoms with Gasteiger partial charge in [-0.3, -0.25) is 15.5 Å². The Balaban J connectivity index is 1.66. The number of non-ortho nitro benzene ring substituents is 1. The number of nitrogens with one attached hydrogen (secondary N) is 1. The summed E-state index contributed by atoms with van der Waals surface area (Å²) in [6.07, 6.45) is 3.73. The van der Waals surface area contributed by atoms with Gasteiger partial charge in [-0.05, 0) is 37.1 Å². The largest absolute Gasteiger partial charge is 0.490 e. The Morgan fingerprint density at radius 3 is 2.84 bits per heavy atom. The first-order valence-corrected chi connectivity index (χ1v) is 10.9. The smallest absolute Gasteiger partial charge is 0.270 e. The number of nitro groups is 1. The third-order valence-electron chi connectivity index (χ3n) is 4.25. The first-order valence-electron chi connectivity index (χ1n) is 9.99. The summed E-state index contributed by atoms with van der Waals surface area (Å²) in [5.74, 6) is 1.41. The molecule has 0 saturated heterocycles. The fraction of sp³-hybridized carbons (Fsp3) is 0.273. The normalized spacial score (nSPS) is 10.9. The van der Waals surface area contributed by atoms with E-state index in [-0.39, 0.29) is 5.69 Å². The number of benzene rings is 2. The molecule has 1 aromatic heterocycles. The van der Waals surface area contributed by atoms with E-state index in [9.17, 15) is 10.1 Å². The molecule has 0 aliphatic carbocycles. The molecule has 2 aromatic carbocycles. The highest BCUT2D eigenvalue weighted by Gasteiger charge is 2.10. The Kier molecular flexibility index (Phi) is 7.94. The van der Waals surface area contributed by atoms with Gasteiger partial charge in [0.25, 0.3) is 5.69 Å². The van der Waals surface area contributed by atoms with Crippen LogP contribution in [0.15, 0.2) is 52.9 Å². The van der Waals surface area contributed by atoms with Gasteiger partial charge in [-0.1, -0.05) is 25.5 Å². The van der Waals surface area contributed by atoms with Crippen molar-refractivity contribution in [2.24, 2.45) is 5.10 Å². The van der Waals surface area contributed by atoms with Gasteiger partial charge in [0.2, 0.25) is 5.13 Å². The molecule has 0 radical (unpaired) electrons. The van der Waals surface area contributed by atoms with E-state index in [0.717, 1.165) is 24.2 Å². The van der Waals surface area contributed by atoms with Crippen LogP contribution in [0.3, 0.4) is 0 Å². The van der Waals surface area contributed by atoms with E-state index in [2.05, 4.69) is 22.4 Å². The lowest BCUT2D eigenvalue weighted by Crippen LogP contribution is -2.01. The van der Waals surface area contributed by atoms with E-state index in [4.69, 9.17) is 9.47 Å². The highest BCUT2D eigenvalue weighted by atomic mass is 32.1. The Morgan fingerprint density at radius 1 is 1.19 bits per heavy atom. The van der Waals surface area contributed by atoms with Gasteiger partial charge in [0.1, 0.15) is 0 Å². The van der Waals surface area contributed by atoms with E-state index in [1.54, 1.807) is 18.3 Å². The van der Waals surface area contributed by atoms with Crippen LogP contribution < -0.4 is 14.9 Å². The number of nitro benzene ring substituents is 1. The van der Waals surface area contributed by atoms with Gasteiger partial charge in [-0.15, -0.1) is 11.3 Å². The molecular weight excluding hydrogens is 416 g/mol. The van der Waals surface area contributed by atoms with E-state index >= 15 is 0 Å². The van der Waals surface area contributed by atoms with E-state index in [0.29, 0.717) is 35.4 Å². The number of hydrogen-bond acceptors (Lipinski definition) is 8. The zero-order valence-corrected chi connectivity index (χ0v) is 18.2. The summed E-state index contributed by atoms with van der Waals surface area (Å²) in [5, 5.41) is 17.6. The van der Waals surface area contributed by atoms with Crippen molar-refractivity contribution in [3.05, 3.63) is 63.5 Å². The fourth-order valence-electron chi connectivity index (χ4n) is 2.72. The molecule has 31 heavy (non-hydrogen) atoms. The van der Waals surface area contributed by atoms with Crippen molar-refractivity contribution in [3.8, 4) is 22.8 Å². The lowest BCUT2D eigenvalue weighted by Gasteiger charge is -2.12. The van der Waals surface area contributed by atoms with Gasteiger partial charge >= 0.3 is 0 Å². The van der Waals surface area contributed by atoms with Crippen molar-refractivity contribution in [1.29, 1.82) is 0 Å². The summed E-state index contributed by atoms with van der Waals surface area (Å²) < 4.78 is 11.5. The van der Waals surface area contributed by atoms with Crippen molar-refractivity contribution in [3.63, 3.8) is 0 Å². The Hall–Kier alpha value is -3.46. The van der Waals surface area contributed by atoms with E-state index in [1.165, 1.54) is 23.5 Å². The predicted molar refractivity (Wildman–Crippen MR) is 123 cm³/mol. The molecule has 1 heterocycles. The molecule has 0 amide bonds. The number of hydrogen-bond donors (Lipinski definition) is 1. The van der Waals surface area contributed by atoms with Gasteiger partial charge in [-0.25, -0.2) is 4.98 Å². The Morgan fingerprint density at radius 2 is 2.06 bits per heavy atom. The van der Waals surface area contributed by atoms with Crippen LogP contribution in [-0.2, 0) is 0 Å². The molecule has 0 saturated carbocycles. The second kappa shape index (κ2) is 11.1. The molecular formula is C22H24N4O4S. The summed E-state index contributed by atoms with van der Waals surface area (Å²) in [6, 6.07) is 12.1. The fourth-order valence-corrected chi connectivity index (χ4v) is 3.39. The maximum absolute atomic E-state index is 11.0. The number of unbranched alkanes of at least 4 members (excludes halogenated alkanes) is 1. The molecule has 0 spiro atoms. The molecule has 3 aromatic rings. The third kappa shape index (κ3) is 6.26. The number of nitrogens with zero attached hydrogens (tertiary/aromatic N) is 3. The molecule has 9 heteroatoms. The van der Waals surface area contributed by atoms with Crippen LogP contribution in [-0.4, -0.2) is 29.3 Å². The molecule has 0 unspecified atom stereocenters. The van der Waals surface area contributed by atoms with Gasteiger partial charge in [-0.2, -0.15) is 5.10 Å². The first-order chi connectivity index (χ1) is 15.1. The lowest BCUT2D eigenvalue weighted by molar-refractivity contribution is -0.384. The van der Waals surface area contributed by atoms with Crippen LogP contribution >= 0.6 is 11.3 Å². The van der Waals surface area contributed by atoms with E-state index in [1.807, 2.05) is 30.5 Å². The van der Waals surface area contributed by atoms with Gasteiger partial charge < -0.3 is 9.47 Å². The average Bonchev–Trinajstić information content (AvgIpc) is 3.24. The highest BCUT2D eigenvalue weighted by Crippen LogP contribution is 2.29. The van der Waals surface area contributed by atoms with Crippen LogP contribution in [0.1, 0.15) is 32.3 Å². The third-order valence-corrected chi connectivity index (χ3v) is 5.00. The zero-order valence-electron chi connectivity index (χ0n) is 17.4. The van der Waals surface area contributed by atoms with Crippen molar-refractivity contribution in [2.75, 3.05) is 18.6 Å². The molecule has 8 nitrogen and oxygen atoms in total. The van der Waals surface area contributed by atoms with Crippen molar-refractivity contribution in [2.45, 2.75) is 26.7 Å². The summed E-state index contributed by atoms with van der Waals surface area (Å²) >= 11 is 1.37. The molecule has 0 bridgehead atoms. The van der Waals surface area contributed by atoms with Gasteiger partial charge in [0, 0.05) is 23.1 Å². The maximum Gasteiger partial charge on any atom is 0.270 e. The molecule has 0 aliphatic heterocycles. The number of aromatic nitrogens is 1. The van der Waals surface area contributed by atoms with Crippen LogP contribution in [0.5, 0.6) is 11.5 Å². The standard InChI is InChI=1S/C22H24N4O4S/c1-3-5-11-30-20-10-9-16(12-21(20)29-4-2)14-23-25-22-24-19(15-31-22)17-7-6-8-18(13-17)26(27)28/h6-10,12-15H,3-5,11H2,1-2H3,(H,24,25)/b23-14+. The number of anilines is 1. The zero-order chi connectivity index (χ0) is 22.1. The number of ether oxygens (including phenoxy) is 2. The first kappa shape index (κ1) is 22.2. The maximum atomic E-state index is 11.0. The summed E-state index contributed by atoms with van der Waals surface area (Å²) in [6.45, 7) is 5.25. The average molecular weight is 441 g/mol. The number of rotatable bonds is 11. The minimum Gasteiger partial charge on any atom is -0.490 e. The quantitative estimate of drug-likeness (QED) is 0.177.